The summed E-state index contributed by atoms with van der Waals surface area (Å²) in [6.07, 6.45) is 0. The van der Waals surface area contributed by atoms with Gasteiger partial charge >= 0.3 is 0 Å². The summed E-state index contributed by atoms with van der Waals surface area (Å²) >= 11 is 0. The summed E-state index contributed by atoms with van der Waals surface area (Å²) < 4.78 is 0. The number of anilines is 1. The summed E-state index contributed by atoms with van der Waals surface area (Å²) in [5.74, 6) is 0.576. The van der Waals surface area contributed by atoms with E-state index in [4.69, 9.17) is 0 Å². The Morgan fingerprint density at radius 3 is 2.61 bits per heavy atom. The molecule has 1 N–H and O–H groups in total. The Morgan fingerprint density at radius 2 is 2.11 bits per heavy atom. The van der Waals surface area contributed by atoms with Crippen LogP contribution in [0, 0.1) is 16.0 Å². The van der Waals surface area contributed by atoms with Gasteiger partial charge in [-0.25, -0.2) is 0 Å². The predicted molar refractivity (Wildman–Crippen MR) is 73.8 cm³/mol. The van der Waals surface area contributed by atoms with Crippen LogP contribution in [0.5, 0.6) is 0 Å². The lowest BCUT2D eigenvalue weighted by atomic mass is 10.1. The molecule has 0 aromatic heterocycles. The maximum atomic E-state index is 10.9. The highest BCUT2D eigenvalue weighted by molar-refractivity contribution is 5.66. The summed E-state index contributed by atoms with van der Waals surface area (Å²) in [6, 6.07) is 5.19. The first kappa shape index (κ1) is 14.4. The number of hydrogen-bond acceptors (Lipinski definition) is 4. The molecular weight excluding hydrogens is 230 g/mol. The van der Waals surface area contributed by atoms with Gasteiger partial charge in [0.15, 0.2) is 0 Å². The standard InChI is InChI=1S/C13H21N3O2/c1-10(2)8-15(4)9-11-6-5-7-12(16(17)18)13(11)14-3/h5-7,10,14H,8-9H2,1-4H3. The molecule has 5 heteroatoms. The fourth-order valence-electron chi connectivity index (χ4n) is 2.14. The molecule has 0 amide bonds. The first-order chi connectivity index (χ1) is 8.45. The lowest BCUT2D eigenvalue weighted by Gasteiger charge is -2.20. The van der Waals surface area contributed by atoms with Crippen molar-refractivity contribution in [1.29, 1.82) is 0 Å². The molecular formula is C13H21N3O2. The number of nitro benzene ring substituents is 1. The van der Waals surface area contributed by atoms with Crippen molar-refractivity contribution < 1.29 is 4.92 Å². The van der Waals surface area contributed by atoms with E-state index in [1.807, 2.05) is 13.1 Å². The van der Waals surface area contributed by atoms with Crippen LogP contribution in [0.2, 0.25) is 0 Å². The Balaban J connectivity index is 2.95. The summed E-state index contributed by atoms with van der Waals surface area (Å²) in [4.78, 5) is 12.8. The van der Waals surface area contributed by atoms with Crippen LogP contribution in [0.15, 0.2) is 18.2 Å². The first-order valence-electron chi connectivity index (χ1n) is 6.08. The van der Waals surface area contributed by atoms with E-state index < -0.39 is 0 Å². The third kappa shape index (κ3) is 3.70. The minimum Gasteiger partial charge on any atom is -0.382 e. The molecule has 0 radical (unpaired) electrons. The van der Waals surface area contributed by atoms with Gasteiger partial charge in [0, 0.05) is 26.2 Å². The number of nitrogens with one attached hydrogen (secondary N) is 1. The number of nitro groups is 1. The van der Waals surface area contributed by atoms with Gasteiger partial charge in [0.1, 0.15) is 5.69 Å². The molecule has 0 spiro atoms. The first-order valence-corrected chi connectivity index (χ1v) is 6.08. The van der Waals surface area contributed by atoms with Gasteiger partial charge in [0.2, 0.25) is 0 Å². The van der Waals surface area contributed by atoms with Crippen molar-refractivity contribution in [1.82, 2.24) is 4.90 Å². The lowest BCUT2D eigenvalue weighted by Crippen LogP contribution is -2.23. The van der Waals surface area contributed by atoms with Gasteiger partial charge in [0.05, 0.1) is 4.92 Å². The summed E-state index contributed by atoms with van der Waals surface area (Å²) in [5, 5.41) is 13.9. The second-order valence-corrected chi connectivity index (χ2v) is 4.91. The Kier molecular flexibility index (Phi) is 5.09. The van der Waals surface area contributed by atoms with Crippen molar-refractivity contribution in [3.05, 3.63) is 33.9 Å². The zero-order chi connectivity index (χ0) is 13.7. The van der Waals surface area contributed by atoms with Crippen LogP contribution in [-0.2, 0) is 6.54 Å². The molecule has 0 heterocycles. The van der Waals surface area contributed by atoms with Crippen molar-refractivity contribution in [2.75, 3.05) is 26.0 Å². The molecule has 0 aliphatic heterocycles. The number of benzene rings is 1. The molecule has 1 aromatic carbocycles. The highest BCUT2D eigenvalue weighted by Gasteiger charge is 2.16. The average Bonchev–Trinajstić information content (AvgIpc) is 2.27. The van der Waals surface area contributed by atoms with E-state index in [-0.39, 0.29) is 10.6 Å². The average molecular weight is 251 g/mol. The minimum absolute atomic E-state index is 0.132. The van der Waals surface area contributed by atoms with E-state index in [1.165, 1.54) is 6.07 Å². The van der Waals surface area contributed by atoms with Crippen molar-refractivity contribution in [2.45, 2.75) is 20.4 Å². The van der Waals surface area contributed by atoms with Crippen molar-refractivity contribution in [3.8, 4) is 0 Å². The molecule has 18 heavy (non-hydrogen) atoms. The molecule has 0 atom stereocenters. The zero-order valence-corrected chi connectivity index (χ0v) is 11.4. The topological polar surface area (TPSA) is 58.4 Å². The highest BCUT2D eigenvalue weighted by Crippen LogP contribution is 2.28. The fraction of sp³-hybridized carbons (Fsp3) is 0.538. The zero-order valence-electron chi connectivity index (χ0n) is 11.4. The Morgan fingerprint density at radius 1 is 1.44 bits per heavy atom. The van der Waals surface area contributed by atoms with Crippen molar-refractivity contribution >= 4 is 11.4 Å². The largest absolute Gasteiger partial charge is 0.382 e. The van der Waals surface area contributed by atoms with Gasteiger partial charge < -0.3 is 10.2 Å². The smallest absolute Gasteiger partial charge is 0.292 e. The fourth-order valence-corrected chi connectivity index (χ4v) is 2.14. The van der Waals surface area contributed by atoms with Gasteiger partial charge in [-0.3, -0.25) is 10.1 Å². The molecule has 0 unspecified atom stereocenters. The number of nitrogens with zero attached hydrogens (tertiary/aromatic N) is 2. The molecule has 0 aliphatic rings. The minimum atomic E-state index is -0.349. The van der Waals surface area contributed by atoms with E-state index in [1.54, 1.807) is 13.1 Å². The van der Waals surface area contributed by atoms with Gasteiger partial charge in [0.25, 0.3) is 5.69 Å². The SMILES string of the molecule is CNc1c(CN(C)CC(C)C)cccc1[N+](=O)[O-]. The summed E-state index contributed by atoms with van der Waals surface area (Å²) in [6.45, 7) is 5.98. The second-order valence-electron chi connectivity index (χ2n) is 4.91. The van der Waals surface area contributed by atoms with Gasteiger partial charge in [-0.1, -0.05) is 26.0 Å². The molecule has 0 bridgehead atoms. The molecule has 0 aliphatic carbocycles. The van der Waals surface area contributed by atoms with E-state index in [9.17, 15) is 10.1 Å². The normalized spacial score (nSPS) is 11.0. The Bertz CT molecular complexity index is 419. The number of para-hydroxylation sites is 1. The summed E-state index contributed by atoms with van der Waals surface area (Å²) in [5.41, 5.74) is 1.70. The summed E-state index contributed by atoms with van der Waals surface area (Å²) in [7, 11) is 3.74. The predicted octanol–water partition coefficient (Wildman–Crippen LogP) is 2.72. The third-order valence-corrected chi connectivity index (χ3v) is 2.69. The third-order valence-electron chi connectivity index (χ3n) is 2.69. The van der Waals surface area contributed by atoms with E-state index in [0.717, 1.165) is 12.1 Å². The number of hydrogen-bond donors (Lipinski definition) is 1. The van der Waals surface area contributed by atoms with Crippen LogP contribution in [0.1, 0.15) is 19.4 Å². The molecule has 5 nitrogen and oxygen atoms in total. The maximum absolute atomic E-state index is 10.9. The van der Waals surface area contributed by atoms with Crippen molar-refractivity contribution in [3.63, 3.8) is 0 Å². The molecule has 0 saturated carbocycles. The lowest BCUT2D eigenvalue weighted by molar-refractivity contribution is -0.384. The van der Waals surface area contributed by atoms with E-state index >= 15 is 0 Å². The van der Waals surface area contributed by atoms with E-state index in [0.29, 0.717) is 18.2 Å². The second kappa shape index (κ2) is 6.35. The van der Waals surface area contributed by atoms with Crippen LogP contribution in [-0.4, -0.2) is 30.5 Å². The quantitative estimate of drug-likeness (QED) is 0.624. The molecule has 0 fully saturated rings. The van der Waals surface area contributed by atoms with Crippen LogP contribution in [0.3, 0.4) is 0 Å². The van der Waals surface area contributed by atoms with Gasteiger partial charge in [-0.2, -0.15) is 0 Å². The highest BCUT2D eigenvalue weighted by atomic mass is 16.6. The van der Waals surface area contributed by atoms with Crippen LogP contribution < -0.4 is 5.32 Å². The molecule has 100 valence electrons. The van der Waals surface area contributed by atoms with Crippen LogP contribution in [0.4, 0.5) is 11.4 Å². The Hall–Kier alpha value is -1.62. The Labute approximate surface area is 108 Å². The van der Waals surface area contributed by atoms with Crippen molar-refractivity contribution in [2.24, 2.45) is 5.92 Å². The molecule has 0 saturated heterocycles. The maximum Gasteiger partial charge on any atom is 0.292 e. The van der Waals surface area contributed by atoms with Gasteiger partial charge in [-0.15, -0.1) is 0 Å². The monoisotopic (exact) mass is 251 g/mol. The van der Waals surface area contributed by atoms with Gasteiger partial charge in [-0.05, 0) is 18.5 Å². The molecule has 1 rings (SSSR count). The van der Waals surface area contributed by atoms with E-state index in [2.05, 4.69) is 24.1 Å². The van der Waals surface area contributed by atoms with Crippen LogP contribution >= 0.6 is 0 Å². The molecule has 1 aromatic rings. The number of rotatable bonds is 6. The van der Waals surface area contributed by atoms with Crippen LogP contribution in [0.25, 0.3) is 0 Å².